The molecule has 1 heterocycles. The van der Waals surface area contributed by atoms with Crippen LogP contribution in [0.25, 0.3) is 0 Å². The second-order valence-electron chi connectivity index (χ2n) is 5.76. The van der Waals surface area contributed by atoms with Gasteiger partial charge in [-0.05, 0) is 59.5 Å². The van der Waals surface area contributed by atoms with Crippen LogP contribution >= 0.6 is 0 Å². The number of hydrogen-bond acceptors (Lipinski definition) is 5. The van der Waals surface area contributed by atoms with Crippen molar-refractivity contribution in [2.24, 2.45) is 5.73 Å². The Morgan fingerprint density at radius 3 is 2.80 bits per heavy atom. The van der Waals surface area contributed by atoms with Gasteiger partial charge in [0.15, 0.2) is 0 Å². The van der Waals surface area contributed by atoms with E-state index in [0.717, 1.165) is 39.1 Å². The maximum atomic E-state index is 11.7. The zero-order valence-electron chi connectivity index (χ0n) is 13.2. The van der Waals surface area contributed by atoms with Crippen molar-refractivity contribution in [3.05, 3.63) is 0 Å². The molecule has 118 valence electrons. The standard InChI is InChI=1S/C15H30N2O3/c1-4-19-13-8-6-10-17(12-13)11-7-9-15(3,16)14(18)20-5-2/h13H,4-12,16H2,1-3H3. The lowest BCUT2D eigenvalue weighted by molar-refractivity contribution is -0.149. The van der Waals surface area contributed by atoms with E-state index in [0.29, 0.717) is 19.1 Å². The van der Waals surface area contributed by atoms with E-state index in [-0.39, 0.29) is 5.97 Å². The molecule has 1 fully saturated rings. The Labute approximate surface area is 122 Å². The quantitative estimate of drug-likeness (QED) is 0.686. The molecular formula is C15H30N2O3. The molecule has 5 nitrogen and oxygen atoms in total. The first-order chi connectivity index (χ1) is 9.49. The molecule has 0 aliphatic carbocycles. The summed E-state index contributed by atoms with van der Waals surface area (Å²) in [7, 11) is 0. The molecule has 5 heteroatoms. The first-order valence-electron chi connectivity index (χ1n) is 7.79. The van der Waals surface area contributed by atoms with E-state index >= 15 is 0 Å². The molecule has 0 bridgehead atoms. The van der Waals surface area contributed by atoms with Crippen molar-refractivity contribution in [1.29, 1.82) is 0 Å². The summed E-state index contributed by atoms with van der Waals surface area (Å²) in [5, 5.41) is 0. The minimum absolute atomic E-state index is 0.300. The van der Waals surface area contributed by atoms with E-state index in [2.05, 4.69) is 4.90 Å². The molecule has 0 amide bonds. The SMILES string of the molecule is CCOC(=O)C(C)(N)CCCN1CCCC(OCC)C1. The third-order valence-electron chi connectivity index (χ3n) is 3.78. The van der Waals surface area contributed by atoms with Crippen LogP contribution in [-0.4, -0.2) is 55.4 Å². The van der Waals surface area contributed by atoms with Crippen molar-refractivity contribution in [2.75, 3.05) is 32.8 Å². The van der Waals surface area contributed by atoms with Crippen LogP contribution in [0.15, 0.2) is 0 Å². The third-order valence-corrected chi connectivity index (χ3v) is 3.78. The summed E-state index contributed by atoms with van der Waals surface area (Å²) >= 11 is 0. The second kappa shape index (κ2) is 8.60. The summed E-state index contributed by atoms with van der Waals surface area (Å²) in [6.07, 6.45) is 4.26. The molecule has 2 unspecified atom stereocenters. The number of ether oxygens (including phenoxy) is 2. The predicted octanol–water partition coefficient (Wildman–Crippen LogP) is 1.55. The van der Waals surface area contributed by atoms with E-state index in [4.69, 9.17) is 15.2 Å². The second-order valence-corrected chi connectivity index (χ2v) is 5.76. The highest BCUT2D eigenvalue weighted by Gasteiger charge is 2.29. The number of carbonyl (C=O) groups excluding carboxylic acids is 1. The zero-order chi connectivity index (χ0) is 15.0. The van der Waals surface area contributed by atoms with Crippen molar-refractivity contribution < 1.29 is 14.3 Å². The molecular weight excluding hydrogens is 256 g/mol. The molecule has 0 radical (unpaired) electrons. The maximum absolute atomic E-state index is 11.7. The predicted molar refractivity (Wildman–Crippen MR) is 79.5 cm³/mol. The van der Waals surface area contributed by atoms with Gasteiger partial charge in [0.25, 0.3) is 0 Å². The Kier molecular flexibility index (Phi) is 7.48. The van der Waals surface area contributed by atoms with E-state index in [1.165, 1.54) is 6.42 Å². The highest BCUT2D eigenvalue weighted by atomic mass is 16.5. The van der Waals surface area contributed by atoms with Crippen molar-refractivity contribution in [3.8, 4) is 0 Å². The van der Waals surface area contributed by atoms with Gasteiger partial charge < -0.3 is 20.1 Å². The van der Waals surface area contributed by atoms with Gasteiger partial charge in [-0.15, -0.1) is 0 Å². The van der Waals surface area contributed by atoms with Gasteiger partial charge in [-0.3, -0.25) is 4.79 Å². The van der Waals surface area contributed by atoms with Crippen molar-refractivity contribution in [1.82, 2.24) is 4.90 Å². The number of hydrogen-bond donors (Lipinski definition) is 1. The third kappa shape index (κ3) is 5.77. The molecule has 1 aliphatic heterocycles. The summed E-state index contributed by atoms with van der Waals surface area (Å²) in [5.74, 6) is -0.300. The minimum atomic E-state index is -0.870. The molecule has 2 atom stereocenters. The number of carbonyl (C=O) groups is 1. The monoisotopic (exact) mass is 286 g/mol. The summed E-state index contributed by atoms with van der Waals surface area (Å²) < 4.78 is 10.7. The van der Waals surface area contributed by atoms with Gasteiger partial charge in [-0.2, -0.15) is 0 Å². The van der Waals surface area contributed by atoms with E-state index in [1.54, 1.807) is 13.8 Å². The van der Waals surface area contributed by atoms with Gasteiger partial charge in [-0.1, -0.05) is 0 Å². The highest BCUT2D eigenvalue weighted by molar-refractivity contribution is 5.79. The molecule has 0 aromatic carbocycles. The molecule has 0 aromatic heterocycles. The number of nitrogens with zero attached hydrogens (tertiary/aromatic N) is 1. The van der Waals surface area contributed by atoms with Crippen LogP contribution in [0.3, 0.4) is 0 Å². The number of likely N-dealkylation sites (tertiary alicyclic amines) is 1. The normalized spacial score (nSPS) is 23.3. The Hall–Kier alpha value is -0.650. The van der Waals surface area contributed by atoms with Crippen LogP contribution in [0.5, 0.6) is 0 Å². The zero-order valence-corrected chi connectivity index (χ0v) is 13.2. The summed E-state index contributed by atoms with van der Waals surface area (Å²) in [6.45, 7) is 9.84. The molecule has 0 aromatic rings. The van der Waals surface area contributed by atoms with Gasteiger partial charge in [0.05, 0.1) is 12.7 Å². The first kappa shape index (κ1) is 17.4. The minimum Gasteiger partial charge on any atom is -0.465 e. The molecule has 1 aliphatic rings. The number of piperidine rings is 1. The van der Waals surface area contributed by atoms with Crippen LogP contribution < -0.4 is 5.73 Å². The van der Waals surface area contributed by atoms with Gasteiger partial charge in [0, 0.05) is 13.2 Å². The number of rotatable bonds is 8. The lowest BCUT2D eigenvalue weighted by atomic mass is 9.97. The van der Waals surface area contributed by atoms with Crippen molar-refractivity contribution in [2.45, 2.75) is 58.1 Å². The van der Waals surface area contributed by atoms with Crippen LogP contribution in [0.4, 0.5) is 0 Å². The van der Waals surface area contributed by atoms with Crippen LogP contribution in [0.2, 0.25) is 0 Å². The fourth-order valence-electron chi connectivity index (χ4n) is 2.66. The molecule has 20 heavy (non-hydrogen) atoms. The molecule has 1 saturated heterocycles. The maximum Gasteiger partial charge on any atom is 0.325 e. The summed E-state index contributed by atoms with van der Waals surface area (Å²) in [6, 6.07) is 0. The average Bonchev–Trinajstić information content (AvgIpc) is 2.39. The summed E-state index contributed by atoms with van der Waals surface area (Å²) in [5.41, 5.74) is 5.15. The van der Waals surface area contributed by atoms with Crippen LogP contribution in [-0.2, 0) is 14.3 Å². The Bertz CT molecular complexity index is 293. The van der Waals surface area contributed by atoms with E-state index in [9.17, 15) is 4.79 Å². The lowest BCUT2D eigenvalue weighted by Crippen LogP contribution is -2.47. The molecule has 0 spiro atoms. The van der Waals surface area contributed by atoms with E-state index in [1.807, 2.05) is 6.92 Å². The average molecular weight is 286 g/mol. The van der Waals surface area contributed by atoms with Crippen molar-refractivity contribution >= 4 is 5.97 Å². The van der Waals surface area contributed by atoms with Crippen LogP contribution in [0, 0.1) is 0 Å². The Balaban J connectivity index is 2.27. The fourth-order valence-corrected chi connectivity index (χ4v) is 2.66. The lowest BCUT2D eigenvalue weighted by Gasteiger charge is -2.33. The fraction of sp³-hybridized carbons (Fsp3) is 0.933. The molecule has 0 saturated carbocycles. The van der Waals surface area contributed by atoms with Gasteiger partial charge in [-0.25, -0.2) is 0 Å². The Morgan fingerprint density at radius 1 is 1.40 bits per heavy atom. The molecule has 1 rings (SSSR count). The van der Waals surface area contributed by atoms with Crippen molar-refractivity contribution in [3.63, 3.8) is 0 Å². The smallest absolute Gasteiger partial charge is 0.325 e. The highest BCUT2D eigenvalue weighted by Crippen LogP contribution is 2.16. The van der Waals surface area contributed by atoms with Gasteiger partial charge >= 0.3 is 5.97 Å². The topological polar surface area (TPSA) is 64.8 Å². The molecule has 2 N–H and O–H groups in total. The number of nitrogens with two attached hydrogens (primary N) is 1. The number of esters is 1. The first-order valence-corrected chi connectivity index (χ1v) is 7.79. The largest absolute Gasteiger partial charge is 0.465 e. The summed E-state index contributed by atoms with van der Waals surface area (Å²) in [4.78, 5) is 14.1. The van der Waals surface area contributed by atoms with Gasteiger partial charge in [0.1, 0.15) is 5.54 Å². The van der Waals surface area contributed by atoms with Gasteiger partial charge in [0.2, 0.25) is 0 Å². The Morgan fingerprint density at radius 2 is 2.15 bits per heavy atom. The van der Waals surface area contributed by atoms with Crippen LogP contribution in [0.1, 0.15) is 46.5 Å². The van der Waals surface area contributed by atoms with E-state index < -0.39 is 5.54 Å².